The lowest BCUT2D eigenvalue weighted by Gasteiger charge is -2.29. The molecule has 132 valence electrons. The molecule has 0 spiro atoms. The van der Waals surface area contributed by atoms with Crippen molar-refractivity contribution in [2.45, 2.75) is 31.2 Å². The summed E-state index contributed by atoms with van der Waals surface area (Å²) in [5.74, 6) is 0.308. The number of anilines is 1. The number of epoxide rings is 1. The van der Waals surface area contributed by atoms with Gasteiger partial charge in [0.25, 0.3) is 0 Å². The molecule has 2 aliphatic rings. The van der Waals surface area contributed by atoms with E-state index in [9.17, 15) is 5.21 Å². The van der Waals surface area contributed by atoms with Gasteiger partial charge in [-0.25, -0.2) is 0 Å². The summed E-state index contributed by atoms with van der Waals surface area (Å²) >= 11 is 12.2. The van der Waals surface area contributed by atoms with Gasteiger partial charge in [0, 0.05) is 31.1 Å². The molecule has 2 atom stereocenters. The molecule has 1 aromatic carbocycles. The van der Waals surface area contributed by atoms with Crippen molar-refractivity contribution in [2.24, 2.45) is 0 Å². The number of halogens is 2. The molecule has 7 heteroatoms. The maximum Gasteiger partial charge on any atom is 0.195 e. The molecule has 4 rings (SSSR count). The van der Waals surface area contributed by atoms with Crippen LogP contribution in [0.2, 0.25) is 10.0 Å². The number of likely N-dealkylation sites (tertiary alicyclic amines) is 1. The Labute approximate surface area is 156 Å². The summed E-state index contributed by atoms with van der Waals surface area (Å²) in [6.45, 7) is 1.82. The van der Waals surface area contributed by atoms with Crippen LogP contribution in [-0.4, -0.2) is 30.4 Å². The van der Waals surface area contributed by atoms with E-state index in [1.54, 1.807) is 18.3 Å². The summed E-state index contributed by atoms with van der Waals surface area (Å²) in [4.78, 5) is 2.31. The summed E-state index contributed by atoms with van der Waals surface area (Å²) in [7, 11) is 0. The fourth-order valence-electron chi connectivity index (χ4n) is 3.46. The van der Waals surface area contributed by atoms with Crippen LogP contribution in [0.25, 0.3) is 0 Å². The first-order valence-corrected chi connectivity index (χ1v) is 9.17. The van der Waals surface area contributed by atoms with Gasteiger partial charge < -0.3 is 15.3 Å². The largest absolute Gasteiger partial charge is 0.618 e. The van der Waals surface area contributed by atoms with E-state index in [0.717, 1.165) is 42.0 Å². The highest BCUT2D eigenvalue weighted by Crippen LogP contribution is 2.36. The Kier molecular flexibility index (Phi) is 4.73. The molecule has 2 unspecified atom stereocenters. The Bertz CT molecular complexity index is 766. The van der Waals surface area contributed by atoms with Crippen molar-refractivity contribution in [3.05, 3.63) is 63.5 Å². The van der Waals surface area contributed by atoms with E-state index < -0.39 is 0 Å². The molecule has 0 amide bonds. The minimum atomic E-state index is -0.0753. The number of benzene rings is 1. The second-order valence-electron chi connectivity index (χ2n) is 6.45. The lowest BCUT2D eigenvalue weighted by atomic mass is 9.93. The highest BCUT2D eigenvalue weighted by molar-refractivity contribution is 6.43. The minimum Gasteiger partial charge on any atom is -0.618 e. The highest BCUT2D eigenvalue weighted by Gasteiger charge is 2.45. The maximum absolute atomic E-state index is 11.9. The third-order valence-corrected chi connectivity index (χ3v) is 5.70. The number of piperidine rings is 1. The highest BCUT2D eigenvalue weighted by atomic mass is 35.5. The number of pyridine rings is 1. The molecule has 2 fully saturated rings. The fourth-order valence-corrected chi connectivity index (χ4v) is 3.82. The van der Waals surface area contributed by atoms with Crippen LogP contribution >= 0.6 is 23.2 Å². The lowest BCUT2D eigenvalue weighted by molar-refractivity contribution is -0.616. The third-order valence-electron chi connectivity index (χ3n) is 4.88. The first kappa shape index (κ1) is 16.9. The number of hydrogen-bond acceptors (Lipinski definition) is 4. The van der Waals surface area contributed by atoms with E-state index in [-0.39, 0.29) is 12.5 Å². The molecule has 2 aromatic rings. The van der Waals surface area contributed by atoms with E-state index in [2.05, 4.69) is 10.2 Å². The van der Waals surface area contributed by atoms with Crippen molar-refractivity contribution in [2.75, 3.05) is 18.4 Å². The Morgan fingerprint density at radius 2 is 1.92 bits per heavy atom. The van der Waals surface area contributed by atoms with Crippen LogP contribution in [0.1, 0.15) is 24.5 Å². The molecule has 1 N–H and O–H groups in total. The van der Waals surface area contributed by atoms with Crippen LogP contribution < -0.4 is 10.0 Å². The van der Waals surface area contributed by atoms with Crippen molar-refractivity contribution in [3.8, 4) is 0 Å². The topological polar surface area (TPSA) is 54.7 Å². The number of aromatic nitrogens is 1. The monoisotopic (exact) mass is 379 g/mol. The van der Waals surface area contributed by atoms with E-state index >= 15 is 0 Å². The summed E-state index contributed by atoms with van der Waals surface area (Å²) in [5, 5.41) is 16.2. The van der Waals surface area contributed by atoms with Crippen LogP contribution in [0, 0.1) is 5.21 Å². The molecule has 0 bridgehead atoms. The molecule has 3 heterocycles. The van der Waals surface area contributed by atoms with Crippen molar-refractivity contribution in [1.29, 1.82) is 0 Å². The van der Waals surface area contributed by atoms with Crippen LogP contribution in [-0.2, 0) is 4.74 Å². The summed E-state index contributed by atoms with van der Waals surface area (Å²) in [6.07, 6.45) is 3.45. The molecular formula is C18H19Cl2N3O2. The fraction of sp³-hybridized carbons (Fsp3) is 0.389. The van der Waals surface area contributed by atoms with E-state index in [4.69, 9.17) is 27.9 Å². The number of hydrogen-bond donors (Lipinski definition) is 1. The van der Waals surface area contributed by atoms with Gasteiger partial charge >= 0.3 is 0 Å². The summed E-state index contributed by atoms with van der Waals surface area (Å²) in [6, 6.07) is 11.1. The Hall–Kier alpha value is -1.53. The van der Waals surface area contributed by atoms with Crippen LogP contribution in [0.3, 0.4) is 0 Å². The third kappa shape index (κ3) is 3.55. The zero-order valence-corrected chi connectivity index (χ0v) is 15.1. The molecule has 2 saturated heterocycles. The van der Waals surface area contributed by atoms with Crippen LogP contribution in [0.4, 0.5) is 5.69 Å². The van der Waals surface area contributed by atoms with E-state index in [1.165, 1.54) is 0 Å². The SMILES string of the molecule is [O-][n+]1ccccc1C1CCN(C2OC2Nc2cccc(Cl)c2Cl)CC1. The molecule has 2 aliphatic heterocycles. The number of nitrogens with one attached hydrogen (secondary N) is 1. The molecule has 25 heavy (non-hydrogen) atoms. The zero-order valence-electron chi connectivity index (χ0n) is 13.6. The van der Waals surface area contributed by atoms with Gasteiger partial charge in [-0.15, -0.1) is 0 Å². The van der Waals surface area contributed by atoms with Gasteiger partial charge in [0.2, 0.25) is 0 Å². The van der Waals surface area contributed by atoms with Gasteiger partial charge in [-0.1, -0.05) is 35.3 Å². The number of ether oxygens (including phenoxy) is 1. The predicted octanol–water partition coefficient (Wildman–Crippen LogP) is 3.60. The summed E-state index contributed by atoms with van der Waals surface area (Å²) < 4.78 is 6.75. The number of nitrogens with zero attached hydrogens (tertiary/aromatic N) is 2. The number of rotatable bonds is 4. The normalized spacial score (nSPS) is 24.2. The van der Waals surface area contributed by atoms with Crippen molar-refractivity contribution >= 4 is 28.9 Å². The second-order valence-corrected chi connectivity index (χ2v) is 7.24. The average Bonchev–Trinajstić information content (AvgIpc) is 3.39. The molecular weight excluding hydrogens is 361 g/mol. The molecule has 0 aliphatic carbocycles. The smallest absolute Gasteiger partial charge is 0.195 e. The van der Waals surface area contributed by atoms with E-state index in [1.807, 2.05) is 24.3 Å². The average molecular weight is 380 g/mol. The molecule has 5 nitrogen and oxygen atoms in total. The summed E-state index contributed by atoms with van der Waals surface area (Å²) in [5.41, 5.74) is 1.65. The van der Waals surface area contributed by atoms with Gasteiger partial charge in [-0.05, 0) is 25.0 Å². The Balaban J connectivity index is 1.32. The van der Waals surface area contributed by atoms with Crippen LogP contribution in [0.5, 0.6) is 0 Å². The quantitative estimate of drug-likeness (QED) is 0.500. The predicted molar refractivity (Wildman–Crippen MR) is 97.7 cm³/mol. The van der Waals surface area contributed by atoms with Gasteiger partial charge in [-0.3, -0.25) is 4.90 Å². The Morgan fingerprint density at radius 1 is 1.12 bits per heavy atom. The van der Waals surface area contributed by atoms with Crippen molar-refractivity contribution < 1.29 is 9.47 Å². The van der Waals surface area contributed by atoms with Crippen molar-refractivity contribution in [3.63, 3.8) is 0 Å². The van der Waals surface area contributed by atoms with Crippen LogP contribution in [0.15, 0.2) is 42.6 Å². The molecule has 0 radical (unpaired) electrons. The molecule has 1 aromatic heterocycles. The van der Waals surface area contributed by atoms with Crippen molar-refractivity contribution in [1.82, 2.24) is 4.90 Å². The van der Waals surface area contributed by atoms with Gasteiger partial charge in [0.15, 0.2) is 24.3 Å². The lowest BCUT2D eigenvalue weighted by Crippen LogP contribution is -2.40. The van der Waals surface area contributed by atoms with E-state index in [0.29, 0.717) is 16.0 Å². The molecule has 0 saturated carbocycles. The maximum atomic E-state index is 11.9. The first-order valence-electron chi connectivity index (χ1n) is 8.41. The zero-order chi connectivity index (χ0) is 17.4. The standard InChI is InChI=1S/C18H19Cl2N3O2/c19-13-4-3-5-14(16(13)20)21-17-18(25-17)22-10-7-12(8-11-22)15-6-1-2-9-23(15)24/h1-6,9,12,17-18,21H,7-8,10-11H2. The second kappa shape index (κ2) is 7.00. The Morgan fingerprint density at radius 3 is 2.68 bits per heavy atom. The first-order chi connectivity index (χ1) is 12.1. The minimum absolute atomic E-state index is 0.0474. The van der Waals surface area contributed by atoms with Gasteiger partial charge in [0.1, 0.15) is 0 Å². The van der Waals surface area contributed by atoms with Gasteiger partial charge in [-0.2, -0.15) is 4.73 Å². The van der Waals surface area contributed by atoms with Gasteiger partial charge in [0.05, 0.1) is 15.7 Å².